The number of aliphatic carboxylic acids is 1. The Morgan fingerprint density at radius 2 is 1.88 bits per heavy atom. The van der Waals surface area contributed by atoms with Gasteiger partial charge < -0.3 is 15.7 Å². The summed E-state index contributed by atoms with van der Waals surface area (Å²) < 4.78 is 0. The molecule has 0 aliphatic rings. The molecule has 0 bridgehead atoms. The first kappa shape index (κ1) is 15.7. The van der Waals surface area contributed by atoms with Crippen LogP contribution in [-0.2, 0) is 4.79 Å². The number of rotatable bonds is 9. The lowest BCUT2D eigenvalue weighted by atomic mass is 10.1. The Kier molecular flexibility index (Phi) is 9.19. The lowest BCUT2D eigenvalue weighted by molar-refractivity contribution is -0.137. The third-order valence-corrected chi connectivity index (χ3v) is 2.66. The third-order valence-electron chi connectivity index (χ3n) is 2.66. The lowest BCUT2D eigenvalue weighted by Gasteiger charge is -2.11. The second kappa shape index (κ2) is 9.93. The van der Waals surface area contributed by atoms with E-state index in [1.165, 1.54) is 0 Å². The number of urea groups is 1. The van der Waals surface area contributed by atoms with Gasteiger partial charge in [-0.25, -0.2) is 4.79 Å². The van der Waals surface area contributed by atoms with Crippen molar-refractivity contribution in [3.8, 4) is 0 Å². The minimum atomic E-state index is -0.760. The van der Waals surface area contributed by atoms with E-state index < -0.39 is 5.97 Å². The van der Waals surface area contributed by atoms with Gasteiger partial charge in [0.25, 0.3) is 0 Å². The van der Waals surface area contributed by atoms with E-state index in [4.69, 9.17) is 5.11 Å². The van der Waals surface area contributed by atoms with E-state index in [2.05, 4.69) is 24.5 Å². The monoisotopic (exact) mass is 244 g/mol. The van der Waals surface area contributed by atoms with E-state index in [0.29, 0.717) is 25.4 Å². The summed E-state index contributed by atoms with van der Waals surface area (Å²) in [5.74, 6) is -0.263. The molecule has 0 spiro atoms. The Hall–Kier alpha value is -1.26. The van der Waals surface area contributed by atoms with Crippen LogP contribution in [0, 0.1) is 5.92 Å². The predicted octanol–water partition coefficient (Wildman–Crippen LogP) is 1.98. The number of amides is 2. The average molecular weight is 244 g/mol. The van der Waals surface area contributed by atoms with Crippen LogP contribution in [0.3, 0.4) is 0 Å². The maximum absolute atomic E-state index is 11.3. The van der Waals surface area contributed by atoms with Gasteiger partial charge >= 0.3 is 12.0 Å². The second-order valence-electron chi connectivity index (χ2n) is 4.35. The maximum Gasteiger partial charge on any atom is 0.314 e. The largest absolute Gasteiger partial charge is 0.481 e. The first-order valence-corrected chi connectivity index (χ1v) is 6.29. The number of carbonyl (C=O) groups excluding carboxylic acids is 1. The van der Waals surface area contributed by atoms with Crippen LogP contribution >= 0.6 is 0 Å². The number of hydrogen-bond acceptors (Lipinski definition) is 2. The van der Waals surface area contributed by atoms with Crippen molar-refractivity contribution in [2.45, 2.75) is 46.0 Å². The summed E-state index contributed by atoms with van der Waals surface area (Å²) in [6.45, 7) is 5.48. The van der Waals surface area contributed by atoms with Gasteiger partial charge in [0.15, 0.2) is 0 Å². The summed E-state index contributed by atoms with van der Waals surface area (Å²) in [6.07, 6.45) is 3.59. The van der Waals surface area contributed by atoms with Crippen LogP contribution in [0.25, 0.3) is 0 Å². The zero-order valence-corrected chi connectivity index (χ0v) is 10.8. The SMILES string of the molecule is CCC(C)CNC(=O)NCCCCCC(=O)O. The van der Waals surface area contributed by atoms with Crippen molar-refractivity contribution in [3.63, 3.8) is 0 Å². The Bertz CT molecular complexity index is 232. The topological polar surface area (TPSA) is 78.4 Å². The van der Waals surface area contributed by atoms with Crippen molar-refractivity contribution in [3.05, 3.63) is 0 Å². The highest BCUT2D eigenvalue weighted by molar-refractivity contribution is 5.73. The average Bonchev–Trinajstić information content (AvgIpc) is 2.30. The number of carboxylic acids is 1. The van der Waals surface area contributed by atoms with Crippen LogP contribution in [-0.4, -0.2) is 30.2 Å². The molecule has 1 unspecified atom stereocenters. The first-order valence-electron chi connectivity index (χ1n) is 6.29. The van der Waals surface area contributed by atoms with Crippen molar-refractivity contribution < 1.29 is 14.7 Å². The second-order valence-corrected chi connectivity index (χ2v) is 4.35. The Balaban J connectivity index is 3.30. The highest BCUT2D eigenvalue weighted by Gasteiger charge is 2.02. The zero-order chi connectivity index (χ0) is 13.1. The number of carboxylic acid groups (broad SMARTS) is 1. The minimum absolute atomic E-state index is 0.136. The van der Waals surface area contributed by atoms with Gasteiger partial charge in [-0.15, -0.1) is 0 Å². The van der Waals surface area contributed by atoms with Crippen LogP contribution in [0.15, 0.2) is 0 Å². The summed E-state index contributed by atoms with van der Waals surface area (Å²) in [6, 6.07) is -0.136. The van der Waals surface area contributed by atoms with Crippen LogP contribution in [0.1, 0.15) is 46.0 Å². The van der Waals surface area contributed by atoms with E-state index in [-0.39, 0.29) is 12.5 Å². The lowest BCUT2D eigenvalue weighted by Crippen LogP contribution is -2.38. The van der Waals surface area contributed by atoms with Crippen LogP contribution in [0.4, 0.5) is 4.79 Å². The third kappa shape index (κ3) is 11.0. The van der Waals surface area contributed by atoms with Gasteiger partial charge in [0.2, 0.25) is 0 Å². The summed E-state index contributed by atoms with van der Waals surface area (Å²) >= 11 is 0. The molecule has 1 atom stereocenters. The molecule has 2 amide bonds. The van der Waals surface area contributed by atoms with Gasteiger partial charge in [-0.1, -0.05) is 26.7 Å². The van der Waals surface area contributed by atoms with Gasteiger partial charge in [-0.3, -0.25) is 4.79 Å². The van der Waals surface area contributed by atoms with E-state index in [0.717, 1.165) is 19.3 Å². The molecule has 0 aromatic rings. The smallest absolute Gasteiger partial charge is 0.314 e. The molecule has 0 aromatic carbocycles. The van der Waals surface area contributed by atoms with E-state index in [1.54, 1.807) is 0 Å². The van der Waals surface area contributed by atoms with Crippen molar-refractivity contribution >= 4 is 12.0 Å². The van der Waals surface area contributed by atoms with Gasteiger partial charge in [0.1, 0.15) is 0 Å². The summed E-state index contributed by atoms with van der Waals surface area (Å²) in [7, 11) is 0. The van der Waals surface area contributed by atoms with E-state index >= 15 is 0 Å². The number of carbonyl (C=O) groups is 2. The molecule has 0 saturated heterocycles. The standard InChI is InChI=1S/C12H24N2O3/c1-3-10(2)9-14-12(17)13-8-6-4-5-7-11(15)16/h10H,3-9H2,1-2H3,(H,15,16)(H2,13,14,17). The molecule has 0 aromatic heterocycles. The van der Waals surface area contributed by atoms with Crippen molar-refractivity contribution in [2.24, 2.45) is 5.92 Å². The first-order chi connectivity index (χ1) is 8.06. The molecule has 0 aliphatic heterocycles. The molecule has 17 heavy (non-hydrogen) atoms. The molecule has 0 fully saturated rings. The van der Waals surface area contributed by atoms with Crippen molar-refractivity contribution in [1.29, 1.82) is 0 Å². The minimum Gasteiger partial charge on any atom is -0.481 e. The van der Waals surface area contributed by atoms with Gasteiger partial charge in [-0.2, -0.15) is 0 Å². The van der Waals surface area contributed by atoms with Crippen molar-refractivity contribution in [2.75, 3.05) is 13.1 Å². The molecule has 0 heterocycles. The number of unbranched alkanes of at least 4 members (excludes halogenated alkanes) is 2. The Labute approximate surface area is 103 Å². The highest BCUT2D eigenvalue weighted by Crippen LogP contribution is 1.99. The molecule has 3 N–H and O–H groups in total. The van der Waals surface area contributed by atoms with Gasteiger partial charge in [0.05, 0.1) is 0 Å². The van der Waals surface area contributed by atoms with Crippen LogP contribution in [0.5, 0.6) is 0 Å². The molecule has 0 aliphatic carbocycles. The molecule has 0 saturated carbocycles. The van der Waals surface area contributed by atoms with E-state index in [9.17, 15) is 9.59 Å². The Morgan fingerprint density at radius 1 is 1.18 bits per heavy atom. The highest BCUT2D eigenvalue weighted by atomic mass is 16.4. The number of hydrogen-bond donors (Lipinski definition) is 3. The molecular weight excluding hydrogens is 220 g/mol. The quantitative estimate of drug-likeness (QED) is 0.543. The van der Waals surface area contributed by atoms with Gasteiger partial charge in [-0.05, 0) is 18.8 Å². The maximum atomic E-state index is 11.3. The summed E-state index contributed by atoms with van der Waals surface area (Å²) in [5, 5.41) is 14.0. The Morgan fingerprint density at radius 3 is 2.47 bits per heavy atom. The molecule has 5 heteroatoms. The zero-order valence-electron chi connectivity index (χ0n) is 10.8. The fourth-order valence-electron chi connectivity index (χ4n) is 1.25. The molecule has 5 nitrogen and oxygen atoms in total. The summed E-state index contributed by atoms with van der Waals surface area (Å²) in [5.41, 5.74) is 0. The van der Waals surface area contributed by atoms with Crippen molar-refractivity contribution in [1.82, 2.24) is 10.6 Å². The normalized spacial score (nSPS) is 11.9. The molecular formula is C12H24N2O3. The summed E-state index contributed by atoms with van der Waals surface area (Å²) in [4.78, 5) is 21.5. The fourth-order valence-corrected chi connectivity index (χ4v) is 1.25. The van der Waals surface area contributed by atoms with E-state index in [1.807, 2.05) is 0 Å². The predicted molar refractivity (Wildman–Crippen MR) is 67.0 cm³/mol. The number of nitrogens with one attached hydrogen (secondary N) is 2. The van der Waals surface area contributed by atoms with Crippen LogP contribution in [0.2, 0.25) is 0 Å². The van der Waals surface area contributed by atoms with Gasteiger partial charge in [0, 0.05) is 19.5 Å². The molecule has 0 radical (unpaired) electrons. The molecule has 100 valence electrons. The molecule has 0 rings (SSSR count). The van der Waals surface area contributed by atoms with Crippen LogP contribution < -0.4 is 10.6 Å². The fraction of sp³-hybridized carbons (Fsp3) is 0.833.